The molecular formula is C16H21N3O3S. The molecule has 1 aromatic carbocycles. The Morgan fingerprint density at radius 2 is 2.00 bits per heavy atom. The topological polar surface area (TPSA) is 81.2 Å². The van der Waals surface area contributed by atoms with Crippen molar-refractivity contribution in [3.05, 3.63) is 24.5 Å². The van der Waals surface area contributed by atoms with E-state index in [1.54, 1.807) is 25.3 Å². The van der Waals surface area contributed by atoms with E-state index in [0.29, 0.717) is 5.82 Å². The van der Waals surface area contributed by atoms with Gasteiger partial charge in [0.1, 0.15) is 12.1 Å². The van der Waals surface area contributed by atoms with E-state index >= 15 is 0 Å². The van der Waals surface area contributed by atoms with Crippen LogP contribution in [0, 0.1) is 0 Å². The summed E-state index contributed by atoms with van der Waals surface area (Å²) in [6.45, 7) is 0. The number of aromatic nitrogens is 2. The highest BCUT2D eigenvalue weighted by Crippen LogP contribution is 2.27. The molecule has 23 heavy (non-hydrogen) atoms. The monoisotopic (exact) mass is 335 g/mol. The van der Waals surface area contributed by atoms with Crippen molar-refractivity contribution in [3.8, 4) is 0 Å². The molecule has 0 bridgehead atoms. The summed E-state index contributed by atoms with van der Waals surface area (Å²) < 4.78 is 29.2. The van der Waals surface area contributed by atoms with Crippen LogP contribution in [-0.4, -0.2) is 43.9 Å². The Hall–Kier alpha value is -1.73. The number of ether oxygens (including phenoxy) is 1. The second kappa shape index (κ2) is 6.41. The Labute approximate surface area is 136 Å². The maximum Gasteiger partial charge on any atom is 0.175 e. The maximum atomic E-state index is 11.8. The number of hydrogen-bond donors (Lipinski definition) is 1. The van der Waals surface area contributed by atoms with Crippen molar-refractivity contribution in [1.29, 1.82) is 0 Å². The third-order valence-electron chi connectivity index (χ3n) is 4.36. The molecule has 3 rings (SSSR count). The first-order valence-electron chi connectivity index (χ1n) is 7.73. The van der Waals surface area contributed by atoms with Gasteiger partial charge in [-0.3, -0.25) is 0 Å². The maximum absolute atomic E-state index is 11.8. The average Bonchev–Trinajstić information content (AvgIpc) is 2.54. The largest absolute Gasteiger partial charge is 0.379 e. The second-order valence-corrected chi connectivity index (χ2v) is 8.00. The molecule has 0 amide bonds. The van der Waals surface area contributed by atoms with Crippen molar-refractivity contribution in [2.45, 2.75) is 42.7 Å². The van der Waals surface area contributed by atoms with E-state index in [1.165, 1.54) is 19.0 Å². The fourth-order valence-corrected chi connectivity index (χ4v) is 3.75. The van der Waals surface area contributed by atoms with Gasteiger partial charge in [-0.15, -0.1) is 0 Å². The number of methoxy groups -OCH3 is 1. The van der Waals surface area contributed by atoms with E-state index in [4.69, 9.17) is 4.74 Å². The molecule has 2 atom stereocenters. The summed E-state index contributed by atoms with van der Waals surface area (Å²) in [4.78, 5) is 8.81. The molecule has 1 saturated carbocycles. The summed E-state index contributed by atoms with van der Waals surface area (Å²) in [5, 5.41) is 4.15. The molecule has 6 nitrogen and oxygen atoms in total. The first-order chi connectivity index (χ1) is 11.0. The SMILES string of the molecule is CO[C@@H]1CCCC[C@H]1Nc1ncnc2ccc(S(C)(=O)=O)cc12. The summed E-state index contributed by atoms with van der Waals surface area (Å²) in [5.41, 5.74) is 0.722. The number of sulfone groups is 1. The Balaban J connectivity index is 1.99. The van der Waals surface area contributed by atoms with Crippen molar-refractivity contribution in [3.63, 3.8) is 0 Å². The molecule has 0 saturated heterocycles. The minimum Gasteiger partial charge on any atom is -0.379 e. The van der Waals surface area contributed by atoms with Gasteiger partial charge in [0.2, 0.25) is 0 Å². The van der Waals surface area contributed by atoms with E-state index < -0.39 is 9.84 Å². The Bertz CT molecular complexity index is 807. The Morgan fingerprint density at radius 1 is 1.22 bits per heavy atom. The third-order valence-corrected chi connectivity index (χ3v) is 5.47. The van der Waals surface area contributed by atoms with Crippen LogP contribution in [-0.2, 0) is 14.6 Å². The zero-order chi connectivity index (χ0) is 16.4. The van der Waals surface area contributed by atoms with E-state index in [1.807, 2.05) is 0 Å². The van der Waals surface area contributed by atoms with Gasteiger partial charge in [-0.1, -0.05) is 12.8 Å². The lowest BCUT2D eigenvalue weighted by atomic mass is 9.92. The number of nitrogens with one attached hydrogen (secondary N) is 1. The Kier molecular flexibility index (Phi) is 4.50. The van der Waals surface area contributed by atoms with Gasteiger partial charge < -0.3 is 10.1 Å². The average molecular weight is 335 g/mol. The van der Waals surface area contributed by atoms with Gasteiger partial charge in [-0.25, -0.2) is 18.4 Å². The van der Waals surface area contributed by atoms with Gasteiger partial charge in [0.15, 0.2) is 9.84 Å². The van der Waals surface area contributed by atoms with E-state index in [0.717, 1.165) is 30.2 Å². The third kappa shape index (κ3) is 3.45. The number of rotatable bonds is 4. The zero-order valence-corrected chi connectivity index (χ0v) is 14.1. The number of fused-ring (bicyclic) bond motifs is 1. The van der Waals surface area contributed by atoms with Crippen LogP contribution in [0.15, 0.2) is 29.4 Å². The minimum atomic E-state index is -3.27. The summed E-state index contributed by atoms with van der Waals surface area (Å²) in [6.07, 6.45) is 7.19. The highest BCUT2D eigenvalue weighted by molar-refractivity contribution is 7.90. The first kappa shape index (κ1) is 16.1. The molecule has 0 aliphatic heterocycles. The molecule has 1 fully saturated rings. The molecule has 0 spiro atoms. The van der Waals surface area contributed by atoms with Crippen molar-refractivity contribution in [2.75, 3.05) is 18.7 Å². The van der Waals surface area contributed by atoms with Crippen molar-refractivity contribution in [2.24, 2.45) is 0 Å². The van der Waals surface area contributed by atoms with Gasteiger partial charge in [0, 0.05) is 18.8 Å². The standard InChI is InChI=1S/C16H21N3O3S/c1-22-15-6-4-3-5-14(15)19-16-12-9-11(23(2,20)21)7-8-13(12)17-10-18-16/h7-10,14-15H,3-6H2,1-2H3,(H,17,18,19)/t14-,15-/m1/s1. The van der Waals surface area contributed by atoms with Crippen LogP contribution >= 0.6 is 0 Å². The molecule has 1 aliphatic rings. The lowest BCUT2D eigenvalue weighted by Gasteiger charge is -2.31. The van der Waals surface area contributed by atoms with Crippen molar-refractivity contribution < 1.29 is 13.2 Å². The predicted octanol–water partition coefficient (Wildman–Crippen LogP) is 2.40. The molecule has 7 heteroatoms. The van der Waals surface area contributed by atoms with Gasteiger partial charge in [0.05, 0.1) is 22.6 Å². The molecule has 0 unspecified atom stereocenters. The molecule has 2 aromatic rings. The summed E-state index contributed by atoms with van der Waals surface area (Å²) in [6, 6.07) is 5.10. The predicted molar refractivity (Wildman–Crippen MR) is 89.3 cm³/mol. The van der Waals surface area contributed by atoms with Crippen LogP contribution in [0.4, 0.5) is 5.82 Å². The van der Waals surface area contributed by atoms with Gasteiger partial charge in [-0.2, -0.15) is 0 Å². The van der Waals surface area contributed by atoms with Crippen LogP contribution in [0.1, 0.15) is 25.7 Å². The number of anilines is 1. The lowest BCUT2D eigenvalue weighted by Crippen LogP contribution is -2.38. The summed E-state index contributed by atoms with van der Waals surface area (Å²) in [7, 11) is -1.54. The second-order valence-electron chi connectivity index (χ2n) is 5.98. The van der Waals surface area contributed by atoms with E-state index in [9.17, 15) is 8.42 Å². The van der Waals surface area contributed by atoms with Crippen LogP contribution in [0.5, 0.6) is 0 Å². The minimum absolute atomic E-state index is 0.145. The highest BCUT2D eigenvalue weighted by atomic mass is 32.2. The fraction of sp³-hybridized carbons (Fsp3) is 0.500. The molecule has 0 radical (unpaired) electrons. The smallest absolute Gasteiger partial charge is 0.175 e. The van der Waals surface area contributed by atoms with Crippen molar-refractivity contribution in [1.82, 2.24) is 9.97 Å². The molecule has 1 aromatic heterocycles. The van der Waals surface area contributed by atoms with E-state index in [-0.39, 0.29) is 17.0 Å². The number of nitrogens with zero attached hydrogens (tertiary/aromatic N) is 2. The first-order valence-corrected chi connectivity index (χ1v) is 9.62. The molecular weight excluding hydrogens is 314 g/mol. The lowest BCUT2D eigenvalue weighted by molar-refractivity contribution is 0.0605. The quantitative estimate of drug-likeness (QED) is 0.924. The molecule has 1 heterocycles. The van der Waals surface area contributed by atoms with Crippen LogP contribution < -0.4 is 5.32 Å². The Morgan fingerprint density at radius 3 is 2.74 bits per heavy atom. The van der Waals surface area contributed by atoms with Gasteiger partial charge in [0.25, 0.3) is 0 Å². The van der Waals surface area contributed by atoms with Crippen LogP contribution in [0.2, 0.25) is 0 Å². The highest BCUT2D eigenvalue weighted by Gasteiger charge is 2.25. The normalized spacial score (nSPS) is 22.2. The number of hydrogen-bond acceptors (Lipinski definition) is 6. The molecule has 1 N–H and O–H groups in total. The van der Waals surface area contributed by atoms with Crippen LogP contribution in [0.25, 0.3) is 10.9 Å². The zero-order valence-electron chi connectivity index (χ0n) is 13.3. The summed E-state index contributed by atoms with van der Waals surface area (Å²) >= 11 is 0. The van der Waals surface area contributed by atoms with Crippen molar-refractivity contribution >= 4 is 26.6 Å². The van der Waals surface area contributed by atoms with Gasteiger partial charge in [-0.05, 0) is 31.0 Å². The fourth-order valence-electron chi connectivity index (χ4n) is 3.10. The molecule has 124 valence electrons. The molecule has 1 aliphatic carbocycles. The van der Waals surface area contributed by atoms with E-state index in [2.05, 4.69) is 15.3 Å². The van der Waals surface area contributed by atoms with Crippen LogP contribution in [0.3, 0.4) is 0 Å². The van der Waals surface area contributed by atoms with Gasteiger partial charge >= 0.3 is 0 Å². The summed E-state index contributed by atoms with van der Waals surface area (Å²) in [5.74, 6) is 0.662. The number of benzene rings is 1.